The Morgan fingerprint density at radius 3 is 2.95 bits per heavy atom. The molecule has 1 saturated carbocycles. The number of morpholine rings is 1. The Hall–Kier alpha value is -1.14. The number of hydrogen-bond acceptors (Lipinski definition) is 4. The van der Waals surface area contributed by atoms with Gasteiger partial charge < -0.3 is 9.64 Å². The first-order valence-corrected chi connectivity index (χ1v) is 7.91. The molecule has 0 N–H and O–H groups in total. The van der Waals surface area contributed by atoms with E-state index in [1.807, 2.05) is 10.6 Å². The molecule has 2 aromatic rings. The van der Waals surface area contributed by atoms with E-state index in [1.165, 1.54) is 12.8 Å². The van der Waals surface area contributed by atoms with Gasteiger partial charge in [-0.2, -0.15) is 0 Å². The summed E-state index contributed by atoms with van der Waals surface area (Å²) in [7, 11) is 0. The van der Waals surface area contributed by atoms with Crippen molar-refractivity contribution in [3.63, 3.8) is 0 Å². The van der Waals surface area contributed by atoms with Crippen molar-refractivity contribution in [2.24, 2.45) is 5.92 Å². The summed E-state index contributed by atoms with van der Waals surface area (Å²) in [5.41, 5.74) is 0.862. The van der Waals surface area contributed by atoms with Crippen molar-refractivity contribution in [1.29, 1.82) is 0 Å². The van der Waals surface area contributed by atoms with Crippen LogP contribution < -0.4 is 4.90 Å². The molecule has 1 saturated heterocycles. The first kappa shape index (κ1) is 12.6. The highest BCUT2D eigenvalue weighted by atomic mass is 79.9. The molecule has 0 bridgehead atoms. The lowest BCUT2D eigenvalue weighted by Crippen LogP contribution is -2.48. The van der Waals surface area contributed by atoms with E-state index < -0.39 is 0 Å². The predicted octanol–water partition coefficient (Wildman–Crippen LogP) is 2.50. The van der Waals surface area contributed by atoms with Crippen molar-refractivity contribution >= 4 is 27.4 Å². The fourth-order valence-electron chi connectivity index (χ4n) is 2.91. The second kappa shape index (κ2) is 4.70. The molecule has 0 spiro atoms. The van der Waals surface area contributed by atoms with Crippen molar-refractivity contribution in [3.05, 3.63) is 22.9 Å². The van der Waals surface area contributed by atoms with Crippen LogP contribution in [0.3, 0.4) is 0 Å². The van der Waals surface area contributed by atoms with Crippen molar-refractivity contribution in [1.82, 2.24) is 14.6 Å². The zero-order valence-corrected chi connectivity index (χ0v) is 13.0. The molecule has 2 aromatic heterocycles. The Labute approximate surface area is 126 Å². The summed E-state index contributed by atoms with van der Waals surface area (Å²) in [5.74, 6) is 1.75. The lowest BCUT2D eigenvalue weighted by molar-refractivity contribution is -0.0274. The average Bonchev–Trinajstić information content (AvgIpc) is 3.23. The summed E-state index contributed by atoms with van der Waals surface area (Å²) < 4.78 is 8.78. The standard InChI is InChI=1S/C14H17BrN4O/c1-9-7-18(8-11(20-9)10-2-3-10)14-5-4-13-16-6-12(15)19(13)17-14/h4-6,9-11H,2-3,7-8H2,1H3. The van der Waals surface area contributed by atoms with Gasteiger partial charge >= 0.3 is 0 Å². The van der Waals surface area contributed by atoms with Crippen LogP contribution in [-0.2, 0) is 4.74 Å². The fourth-order valence-corrected chi connectivity index (χ4v) is 3.27. The van der Waals surface area contributed by atoms with Crippen LogP contribution in [-0.4, -0.2) is 39.9 Å². The predicted molar refractivity (Wildman–Crippen MR) is 80.0 cm³/mol. The molecule has 2 atom stereocenters. The molecule has 2 aliphatic rings. The van der Waals surface area contributed by atoms with Crippen LogP contribution in [0.15, 0.2) is 22.9 Å². The van der Waals surface area contributed by atoms with Crippen LogP contribution in [0.4, 0.5) is 5.82 Å². The smallest absolute Gasteiger partial charge is 0.154 e. The van der Waals surface area contributed by atoms with E-state index >= 15 is 0 Å². The largest absolute Gasteiger partial charge is 0.371 e. The fraction of sp³-hybridized carbons (Fsp3) is 0.571. The molecule has 0 amide bonds. The van der Waals surface area contributed by atoms with Gasteiger partial charge in [-0.25, -0.2) is 9.50 Å². The molecule has 2 fully saturated rings. The minimum Gasteiger partial charge on any atom is -0.371 e. The molecule has 1 aliphatic carbocycles. The van der Waals surface area contributed by atoms with Gasteiger partial charge in [-0.1, -0.05) is 0 Å². The summed E-state index contributed by atoms with van der Waals surface area (Å²) >= 11 is 3.48. The Morgan fingerprint density at radius 1 is 1.30 bits per heavy atom. The third kappa shape index (κ3) is 2.20. The molecular weight excluding hydrogens is 320 g/mol. The quantitative estimate of drug-likeness (QED) is 0.845. The monoisotopic (exact) mass is 336 g/mol. The topological polar surface area (TPSA) is 42.7 Å². The number of halogens is 1. The Morgan fingerprint density at radius 2 is 2.15 bits per heavy atom. The number of anilines is 1. The average molecular weight is 337 g/mol. The van der Waals surface area contributed by atoms with E-state index in [0.717, 1.165) is 35.1 Å². The maximum absolute atomic E-state index is 6.06. The van der Waals surface area contributed by atoms with Gasteiger partial charge in [0.15, 0.2) is 5.65 Å². The lowest BCUT2D eigenvalue weighted by Gasteiger charge is -2.37. The van der Waals surface area contributed by atoms with Crippen LogP contribution in [0.2, 0.25) is 0 Å². The number of hydrogen-bond donors (Lipinski definition) is 0. The summed E-state index contributed by atoms with van der Waals surface area (Å²) in [4.78, 5) is 6.62. The molecule has 6 heteroatoms. The van der Waals surface area contributed by atoms with E-state index in [1.54, 1.807) is 6.20 Å². The van der Waals surface area contributed by atoms with Crippen LogP contribution in [0, 0.1) is 5.92 Å². The maximum atomic E-state index is 6.06. The highest BCUT2D eigenvalue weighted by molar-refractivity contribution is 9.10. The van der Waals surface area contributed by atoms with E-state index in [0.29, 0.717) is 6.10 Å². The summed E-state index contributed by atoms with van der Waals surface area (Å²) in [6.07, 6.45) is 5.02. The van der Waals surface area contributed by atoms with E-state index in [4.69, 9.17) is 4.74 Å². The second-order valence-electron chi connectivity index (χ2n) is 5.77. The zero-order chi connectivity index (χ0) is 13.7. The number of nitrogens with zero attached hydrogens (tertiary/aromatic N) is 4. The first-order valence-electron chi connectivity index (χ1n) is 7.11. The van der Waals surface area contributed by atoms with E-state index in [9.17, 15) is 0 Å². The number of rotatable bonds is 2. The van der Waals surface area contributed by atoms with Gasteiger partial charge in [-0.15, -0.1) is 5.10 Å². The molecule has 106 valence electrons. The Bertz CT molecular complexity index is 639. The third-order valence-corrected chi connectivity index (χ3v) is 4.60. The third-order valence-electron chi connectivity index (χ3n) is 4.06. The van der Waals surface area contributed by atoms with Gasteiger partial charge in [0.05, 0.1) is 18.4 Å². The van der Waals surface area contributed by atoms with Gasteiger partial charge in [0.1, 0.15) is 10.4 Å². The van der Waals surface area contributed by atoms with Gasteiger partial charge in [-0.05, 0) is 53.7 Å². The van der Waals surface area contributed by atoms with Crippen molar-refractivity contribution in [2.75, 3.05) is 18.0 Å². The molecule has 4 rings (SSSR count). The van der Waals surface area contributed by atoms with Crippen LogP contribution in [0.25, 0.3) is 5.65 Å². The number of ether oxygens (including phenoxy) is 1. The minimum absolute atomic E-state index is 0.262. The molecule has 2 unspecified atom stereocenters. The van der Waals surface area contributed by atoms with Gasteiger partial charge in [-0.3, -0.25) is 0 Å². The summed E-state index contributed by atoms with van der Waals surface area (Å²) in [5, 5.41) is 4.68. The lowest BCUT2D eigenvalue weighted by atomic mass is 10.1. The van der Waals surface area contributed by atoms with Crippen LogP contribution in [0.1, 0.15) is 19.8 Å². The van der Waals surface area contributed by atoms with Crippen LogP contribution >= 0.6 is 15.9 Å². The second-order valence-corrected chi connectivity index (χ2v) is 6.58. The SMILES string of the molecule is CC1CN(c2ccc3ncc(Br)n3n2)CC(C2CC2)O1. The molecule has 0 aromatic carbocycles. The highest BCUT2D eigenvalue weighted by Crippen LogP contribution is 2.37. The van der Waals surface area contributed by atoms with E-state index in [-0.39, 0.29) is 6.10 Å². The number of fused-ring (bicyclic) bond motifs is 1. The number of aromatic nitrogens is 3. The van der Waals surface area contributed by atoms with Gasteiger partial charge in [0, 0.05) is 13.1 Å². The van der Waals surface area contributed by atoms with Crippen LogP contribution in [0.5, 0.6) is 0 Å². The van der Waals surface area contributed by atoms with Crippen molar-refractivity contribution in [3.8, 4) is 0 Å². The van der Waals surface area contributed by atoms with E-state index in [2.05, 4.69) is 43.9 Å². The van der Waals surface area contributed by atoms with Crippen molar-refractivity contribution < 1.29 is 4.74 Å². The molecule has 20 heavy (non-hydrogen) atoms. The first-order chi connectivity index (χ1) is 9.70. The Kier molecular flexibility index (Phi) is 2.96. The van der Waals surface area contributed by atoms with Gasteiger partial charge in [0.2, 0.25) is 0 Å². The number of imidazole rings is 1. The Balaban J connectivity index is 1.64. The molecule has 1 aliphatic heterocycles. The minimum atomic E-state index is 0.262. The molecular formula is C14H17BrN4O. The molecule has 0 radical (unpaired) electrons. The summed E-state index contributed by atoms with van der Waals surface area (Å²) in [6, 6.07) is 4.07. The highest BCUT2D eigenvalue weighted by Gasteiger charge is 2.37. The van der Waals surface area contributed by atoms with Crippen molar-refractivity contribution in [2.45, 2.75) is 32.0 Å². The maximum Gasteiger partial charge on any atom is 0.154 e. The zero-order valence-electron chi connectivity index (χ0n) is 11.4. The molecule has 3 heterocycles. The summed E-state index contributed by atoms with van der Waals surface area (Å²) in [6.45, 7) is 3.99. The molecule has 5 nitrogen and oxygen atoms in total. The normalized spacial score (nSPS) is 27.2. The van der Waals surface area contributed by atoms with Gasteiger partial charge in [0.25, 0.3) is 0 Å².